The van der Waals surface area contributed by atoms with Gasteiger partial charge < -0.3 is 14.8 Å². The molecule has 8 atom stereocenters. The maximum absolute atomic E-state index is 12.9. The number of carbonyl (C=O) groups excluding carboxylic acids is 2. The van der Waals surface area contributed by atoms with Crippen LogP contribution < -0.4 is 21.2 Å². The minimum Gasteiger partial charge on any atom is -0.461 e. The molecular weight excluding hydrogens is 710 g/mol. The number of rotatable bonds is 14. The quantitative estimate of drug-likeness (QED) is 0.101. The number of nitrogens with one attached hydrogen (secondary N) is 1. The van der Waals surface area contributed by atoms with Gasteiger partial charge in [-0.1, -0.05) is 150 Å². The lowest BCUT2D eigenvalue weighted by atomic mass is 9.47. The number of amides is 1. The van der Waals surface area contributed by atoms with E-state index in [2.05, 4.69) is 119 Å². The van der Waals surface area contributed by atoms with Crippen LogP contribution in [0.25, 0.3) is 0 Å². The number of alkyl carbamates (subject to hydrolysis) is 1. The fraction of sp³-hybridized carbons (Fsp3) is 0.560. The zero-order chi connectivity index (χ0) is 39.3. The van der Waals surface area contributed by atoms with Gasteiger partial charge in [-0.15, -0.1) is 0 Å². The second-order valence-corrected chi connectivity index (χ2v) is 20.8. The van der Waals surface area contributed by atoms with Gasteiger partial charge in [0, 0.05) is 13.0 Å². The third-order valence-corrected chi connectivity index (χ3v) is 17.2. The molecule has 7 rings (SSSR count). The normalized spacial score (nSPS) is 28.8. The zero-order valence-electron chi connectivity index (χ0n) is 34.7. The number of fused-ring (bicyclic) bond motifs is 5. The molecule has 1 amide bonds. The maximum Gasteiger partial charge on any atom is 0.407 e. The molecule has 0 radical (unpaired) electrons. The minimum atomic E-state index is -0.684. The summed E-state index contributed by atoms with van der Waals surface area (Å²) >= 11 is 0. The van der Waals surface area contributed by atoms with Crippen LogP contribution in [-0.4, -0.2) is 24.7 Å². The highest BCUT2D eigenvalue weighted by atomic mass is 31.1. The van der Waals surface area contributed by atoms with E-state index in [0.29, 0.717) is 5.41 Å². The molecule has 4 aliphatic carbocycles. The zero-order valence-corrected chi connectivity index (χ0v) is 35.6. The van der Waals surface area contributed by atoms with Gasteiger partial charge in [0.15, 0.2) is 0 Å². The Labute approximate surface area is 338 Å². The lowest BCUT2D eigenvalue weighted by molar-refractivity contribution is -0.144. The summed E-state index contributed by atoms with van der Waals surface area (Å²) in [5.41, 5.74) is 3.18. The fourth-order valence-electron chi connectivity index (χ4n) is 11.8. The van der Waals surface area contributed by atoms with Crippen LogP contribution in [0.3, 0.4) is 0 Å². The van der Waals surface area contributed by atoms with Crippen molar-refractivity contribution in [1.29, 1.82) is 0 Å². The highest BCUT2D eigenvalue weighted by molar-refractivity contribution is 7.79. The molecule has 0 aromatic heterocycles. The van der Waals surface area contributed by atoms with Crippen LogP contribution in [-0.2, 0) is 20.9 Å². The maximum atomic E-state index is 12.9. The molecule has 6 heteroatoms. The predicted octanol–water partition coefficient (Wildman–Crippen LogP) is 11.0. The molecule has 3 aromatic carbocycles. The van der Waals surface area contributed by atoms with Crippen LogP contribution in [0.15, 0.2) is 96.6 Å². The molecule has 3 aromatic rings. The molecule has 5 nitrogen and oxygen atoms in total. The topological polar surface area (TPSA) is 64.6 Å². The smallest absolute Gasteiger partial charge is 0.407 e. The molecule has 4 aliphatic rings. The third-order valence-electron chi connectivity index (χ3n) is 14.8. The standard InChI is InChI=1S/C50H66NO4P/c1-35(2)13-12-14-36(3)44-25-26-45-43-24-21-38-33-39(27-30-49(38,4)46(43)28-31-50(44,45)5)55-48(53)51-32-29-47(52)54-34-37-19-22-42(23-20-37)56(40-15-8-6-9-16-40)41-17-10-7-11-18-41/h6-11,15-23,35-36,39,43-46H,12-14,24-34H2,1-5H3,(H,51,53)/t36-,39+,43+,44-,45+,46+,49+,50-/m1/s1. The first-order valence-corrected chi connectivity index (χ1v) is 23.2. The summed E-state index contributed by atoms with van der Waals surface area (Å²) in [6.07, 6.45) is 15.8. The predicted molar refractivity (Wildman–Crippen MR) is 231 cm³/mol. The van der Waals surface area contributed by atoms with E-state index >= 15 is 0 Å². The molecule has 0 bridgehead atoms. The Kier molecular flexibility index (Phi) is 13.1. The first-order valence-electron chi connectivity index (χ1n) is 21.8. The summed E-state index contributed by atoms with van der Waals surface area (Å²) in [6.45, 7) is 12.9. The highest BCUT2D eigenvalue weighted by Crippen LogP contribution is 2.67. The van der Waals surface area contributed by atoms with Crippen LogP contribution in [0.4, 0.5) is 4.79 Å². The fourth-order valence-corrected chi connectivity index (χ4v) is 14.1. The first kappa shape index (κ1) is 40.8. The lowest BCUT2D eigenvalue weighted by Gasteiger charge is -2.58. The summed E-state index contributed by atoms with van der Waals surface area (Å²) in [5.74, 6) is 4.57. The van der Waals surface area contributed by atoms with Crippen molar-refractivity contribution < 1.29 is 19.1 Å². The van der Waals surface area contributed by atoms with Crippen molar-refractivity contribution >= 4 is 35.9 Å². The van der Waals surface area contributed by atoms with Crippen molar-refractivity contribution in [3.8, 4) is 0 Å². The van der Waals surface area contributed by atoms with E-state index in [0.717, 1.165) is 60.3 Å². The molecule has 1 N–H and O–H groups in total. The number of hydrogen-bond donors (Lipinski definition) is 1. The van der Waals surface area contributed by atoms with Crippen LogP contribution in [0.5, 0.6) is 0 Å². The molecule has 56 heavy (non-hydrogen) atoms. The second kappa shape index (κ2) is 18.0. The van der Waals surface area contributed by atoms with Crippen LogP contribution >= 0.6 is 7.92 Å². The Hall–Kier alpha value is -3.43. The van der Waals surface area contributed by atoms with E-state index in [9.17, 15) is 9.59 Å². The molecule has 0 spiro atoms. The largest absolute Gasteiger partial charge is 0.461 e. The van der Waals surface area contributed by atoms with E-state index in [-0.39, 0.29) is 37.1 Å². The summed E-state index contributed by atoms with van der Waals surface area (Å²) in [5, 5.41) is 6.66. The summed E-state index contributed by atoms with van der Waals surface area (Å²) in [4.78, 5) is 25.5. The van der Waals surface area contributed by atoms with Crippen LogP contribution in [0, 0.1) is 46.3 Å². The Bertz CT molecular complexity index is 1750. The Morgan fingerprint density at radius 2 is 1.48 bits per heavy atom. The van der Waals surface area contributed by atoms with Crippen molar-refractivity contribution in [1.82, 2.24) is 5.32 Å². The SMILES string of the molecule is CC(C)CCC[C@@H](C)[C@H]1CC[C@H]2[C@@H]3CC=C4C[C@@H](OC(=O)NCCC(=O)OCc5ccc(P(c6ccccc6)c6ccccc6)cc5)CC[C@]4(C)[C@H]3CC[C@]12C. The van der Waals surface area contributed by atoms with E-state index in [1.807, 2.05) is 12.1 Å². The number of ether oxygens (including phenoxy) is 2. The average molecular weight is 776 g/mol. The summed E-state index contributed by atoms with van der Waals surface area (Å²) < 4.78 is 11.5. The number of esters is 1. The number of allylic oxidation sites excluding steroid dienone is 1. The number of benzene rings is 3. The van der Waals surface area contributed by atoms with Crippen LogP contribution in [0.2, 0.25) is 0 Å². The molecule has 3 fully saturated rings. The number of hydrogen-bond acceptors (Lipinski definition) is 4. The first-order chi connectivity index (χ1) is 27.0. The molecule has 300 valence electrons. The Morgan fingerprint density at radius 3 is 2.16 bits per heavy atom. The second-order valence-electron chi connectivity index (χ2n) is 18.6. The van der Waals surface area contributed by atoms with Gasteiger partial charge in [0.25, 0.3) is 0 Å². The molecular formula is C50H66NO4P. The van der Waals surface area contributed by atoms with Crippen molar-refractivity contribution in [3.05, 3.63) is 102 Å². The molecule has 0 unspecified atom stereocenters. The average Bonchev–Trinajstić information content (AvgIpc) is 3.56. The molecule has 0 aliphatic heterocycles. The molecule has 0 saturated heterocycles. The highest BCUT2D eigenvalue weighted by Gasteiger charge is 2.59. The van der Waals surface area contributed by atoms with Gasteiger partial charge in [-0.25, -0.2) is 4.79 Å². The van der Waals surface area contributed by atoms with Crippen molar-refractivity contribution in [2.45, 2.75) is 124 Å². The summed E-state index contributed by atoms with van der Waals surface area (Å²) in [7, 11) is -0.684. The van der Waals surface area contributed by atoms with E-state index in [1.54, 1.807) is 0 Å². The van der Waals surface area contributed by atoms with Gasteiger partial charge in [0.2, 0.25) is 0 Å². The van der Waals surface area contributed by atoms with Crippen molar-refractivity contribution in [3.63, 3.8) is 0 Å². The summed E-state index contributed by atoms with van der Waals surface area (Å²) in [6, 6.07) is 29.6. The van der Waals surface area contributed by atoms with Crippen LogP contribution in [0.1, 0.15) is 117 Å². The Morgan fingerprint density at radius 1 is 0.804 bits per heavy atom. The molecule has 3 saturated carbocycles. The minimum absolute atomic E-state index is 0.106. The van der Waals surface area contributed by atoms with Crippen molar-refractivity contribution in [2.75, 3.05) is 6.54 Å². The van der Waals surface area contributed by atoms with Gasteiger partial charge in [-0.05, 0) is 121 Å². The van der Waals surface area contributed by atoms with Gasteiger partial charge in [-0.2, -0.15) is 0 Å². The lowest BCUT2D eigenvalue weighted by Crippen LogP contribution is -2.51. The monoisotopic (exact) mass is 775 g/mol. The van der Waals surface area contributed by atoms with Crippen molar-refractivity contribution in [2.24, 2.45) is 46.3 Å². The van der Waals surface area contributed by atoms with Gasteiger partial charge in [0.1, 0.15) is 12.7 Å². The third kappa shape index (κ3) is 8.99. The number of carbonyl (C=O) groups is 2. The van der Waals surface area contributed by atoms with E-state index in [1.165, 1.54) is 72.9 Å². The van der Waals surface area contributed by atoms with E-state index in [4.69, 9.17) is 9.47 Å². The van der Waals surface area contributed by atoms with Gasteiger partial charge in [0.05, 0.1) is 6.42 Å². The van der Waals surface area contributed by atoms with Gasteiger partial charge >= 0.3 is 12.1 Å². The molecule has 0 heterocycles. The van der Waals surface area contributed by atoms with E-state index < -0.39 is 14.0 Å². The Balaban J connectivity index is 0.849. The van der Waals surface area contributed by atoms with Gasteiger partial charge in [-0.3, -0.25) is 4.79 Å².